The van der Waals surface area contributed by atoms with Gasteiger partial charge in [-0.3, -0.25) is 4.79 Å². The maximum absolute atomic E-state index is 12.8. The maximum atomic E-state index is 12.8. The number of fused-ring (bicyclic) bond motifs is 1. The fourth-order valence-electron chi connectivity index (χ4n) is 4.71. The SMILES string of the molecule is CCCCCCCCCC(Cc1[nH]c(C)cc1C)C1C(=O)Nc2ccccc21. The number of carbonyl (C=O) groups excluding carboxylic acids is 1. The van der Waals surface area contributed by atoms with E-state index in [0.29, 0.717) is 5.92 Å². The standard InChI is InChI=1S/C25H36N2O/c1-4-5-6-7-8-9-10-13-20(17-23-18(2)16-19(3)26-23)24-21-14-11-12-15-22(21)27-25(24)28/h11-12,14-16,20,24,26H,4-10,13,17H2,1-3H3,(H,27,28). The molecule has 28 heavy (non-hydrogen) atoms. The molecule has 1 aromatic carbocycles. The number of H-pyrrole nitrogens is 1. The van der Waals surface area contributed by atoms with E-state index in [1.807, 2.05) is 12.1 Å². The van der Waals surface area contributed by atoms with E-state index < -0.39 is 0 Å². The van der Waals surface area contributed by atoms with Crippen molar-refractivity contribution >= 4 is 11.6 Å². The molecule has 2 heterocycles. The molecule has 1 aromatic heterocycles. The summed E-state index contributed by atoms with van der Waals surface area (Å²) in [5.74, 6) is 0.491. The Bertz CT molecular complexity index is 777. The van der Waals surface area contributed by atoms with Crippen LogP contribution in [-0.2, 0) is 11.2 Å². The third kappa shape index (κ3) is 5.06. The number of rotatable bonds is 11. The molecule has 1 aliphatic heterocycles. The van der Waals surface area contributed by atoms with Crippen molar-refractivity contribution in [1.29, 1.82) is 0 Å². The minimum atomic E-state index is -0.0284. The lowest BCUT2D eigenvalue weighted by Crippen LogP contribution is -2.23. The molecule has 1 amide bonds. The van der Waals surface area contributed by atoms with Crippen LogP contribution in [0.2, 0.25) is 0 Å². The second-order valence-electron chi connectivity index (χ2n) is 8.54. The summed E-state index contributed by atoms with van der Waals surface area (Å²) in [4.78, 5) is 16.4. The molecular formula is C25H36N2O. The van der Waals surface area contributed by atoms with Crippen molar-refractivity contribution in [3.63, 3.8) is 0 Å². The highest BCUT2D eigenvalue weighted by Gasteiger charge is 2.36. The average molecular weight is 381 g/mol. The summed E-state index contributed by atoms with van der Waals surface area (Å²) < 4.78 is 0. The molecule has 2 aromatic rings. The van der Waals surface area contributed by atoms with Crippen LogP contribution in [0.1, 0.15) is 86.7 Å². The fraction of sp³-hybridized carbons (Fsp3) is 0.560. The average Bonchev–Trinajstić information content (AvgIpc) is 3.17. The normalized spacial score (nSPS) is 16.8. The third-order valence-electron chi connectivity index (χ3n) is 6.21. The molecule has 0 aliphatic carbocycles. The number of benzene rings is 1. The molecule has 0 spiro atoms. The smallest absolute Gasteiger partial charge is 0.232 e. The van der Waals surface area contributed by atoms with Crippen molar-refractivity contribution in [3.8, 4) is 0 Å². The highest BCUT2D eigenvalue weighted by atomic mass is 16.2. The van der Waals surface area contributed by atoms with Crippen LogP contribution in [-0.4, -0.2) is 10.9 Å². The van der Waals surface area contributed by atoms with Crippen LogP contribution in [0.15, 0.2) is 30.3 Å². The predicted molar refractivity (Wildman–Crippen MR) is 118 cm³/mol. The Hall–Kier alpha value is -2.03. The zero-order valence-corrected chi connectivity index (χ0v) is 17.8. The van der Waals surface area contributed by atoms with Gasteiger partial charge in [0, 0.05) is 17.1 Å². The molecule has 0 bridgehead atoms. The van der Waals surface area contributed by atoms with Crippen LogP contribution in [0, 0.1) is 19.8 Å². The summed E-state index contributed by atoms with van der Waals surface area (Å²) in [5, 5.41) is 3.11. The number of amides is 1. The molecular weight excluding hydrogens is 344 g/mol. The maximum Gasteiger partial charge on any atom is 0.232 e. The van der Waals surface area contributed by atoms with E-state index in [4.69, 9.17) is 0 Å². The summed E-state index contributed by atoms with van der Waals surface area (Å²) in [5.41, 5.74) is 6.00. The molecule has 2 N–H and O–H groups in total. The van der Waals surface area contributed by atoms with E-state index in [9.17, 15) is 4.79 Å². The molecule has 3 rings (SSSR count). The summed E-state index contributed by atoms with van der Waals surface area (Å²) in [6.45, 7) is 6.55. The van der Waals surface area contributed by atoms with E-state index in [1.54, 1.807) is 0 Å². The minimum Gasteiger partial charge on any atom is -0.362 e. The number of anilines is 1. The Balaban J connectivity index is 1.68. The van der Waals surface area contributed by atoms with Gasteiger partial charge in [-0.05, 0) is 55.9 Å². The van der Waals surface area contributed by atoms with Crippen LogP contribution >= 0.6 is 0 Å². The van der Waals surface area contributed by atoms with Crippen molar-refractivity contribution in [3.05, 3.63) is 52.8 Å². The number of nitrogens with one attached hydrogen (secondary N) is 2. The number of carbonyl (C=O) groups is 1. The molecule has 2 unspecified atom stereocenters. The lowest BCUT2D eigenvalue weighted by atomic mass is 9.80. The third-order valence-corrected chi connectivity index (χ3v) is 6.21. The minimum absolute atomic E-state index is 0.0284. The molecule has 0 fully saturated rings. The molecule has 3 heteroatoms. The molecule has 1 aliphatic rings. The Morgan fingerprint density at radius 2 is 1.71 bits per heavy atom. The zero-order valence-electron chi connectivity index (χ0n) is 17.8. The Morgan fingerprint density at radius 1 is 1.00 bits per heavy atom. The van der Waals surface area contributed by atoms with E-state index in [2.05, 4.69) is 49.3 Å². The molecule has 0 saturated carbocycles. The first-order valence-electron chi connectivity index (χ1n) is 11.1. The quantitative estimate of drug-likeness (QED) is 0.420. The first-order valence-corrected chi connectivity index (χ1v) is 11.1. The van der Waals surface area contributed by atoms with E-state index in [1.165, 1.54) is 67.5 Å². The van der Waals surface area contributed by atoms with Crippen LogP contribution in [0.5, 0.6) is 0 Å². The Kier molecular flexibility index (Phi) is 7.36. The molecule has 0 saturated heterocycles. The van der Waals surface area contributed by atoms with E-state index >= 15 is 0 Å². The van der Waals surface area contributed by atoms with Gasteiger partial charge in [0.1, 0.15) is 0 Å². The summed E-state index contributed by atoms with van der Waals surface area (Å²) in [6.07, 6.45) is 11.2. The van der Waals surface area contributed by atoms with Crippen LogP contribution in [0.4, 0.5) is 5.69 Å². The van der Waals surface area contributed by atoms with Gasteiger partial charge < -0.3 is 10.3 Å². The van der Waals surface area contributed by atoms with Crippen LogP contribution in [0.25, 0.3) is 0 Å². The Morgan fingerprint density at radius 3 is 2.43 bits per heavy atom. The van der Waals surface area contributed by atoms with Gasteiger partial charge in [0.25, 0.3) is 0 Å². The van der Waals surface area contributed by atoms with E-state index in [0.717, 1.165) is 18.5 Å². The van der Waals surface area contributed by atoms with Crippen molar-refractivity contribution in [1.82, 2.24) is 4.98 Å². The van der Waals surface area contributed by atoms with Crippen molar-refractivity contribution < 1.29 is 4.79 Å². The van der Waals surface area contributed by atoms with Crippen LogP contribution in [0.3, 0.4) is 0 Å². The van der Waals surface area contributed by atoms with Gasteiger partial charge in [0.05, 0.1) is 5.92 Å². The number of hydrogen-bond donors (Lipinski definition) is 2. The predicted octanol–water partition coefficient (Wildman–Crippen LogP) is 6.67. The fourth-order valence-corrected chi connectivity index (χ4v) is 4.71. The van der Waals surface area contributed by atoms with Gasteiger partial charge in [-0.1, -0.05) is 70.1 Å². The van der Waals surface area contributed by atoms with Crippen molar-refractivity contribution in [2.24, 2.45) is 5.92 Å². The van der Waals surface area contributed by atoms with Crippen molar-refractivity contribution in [2.75, 3.05) is 5.32 Å². The van der Waals surface area contributed by atoms with Gasteiger partial charge >= 0.3 is 0 Å². The van der Waals surface area contributed by atoms with Gasteiger partial charge in [-0.2, -0.15) is 0 Å². The first kappa shape index (κ1) is 20.7. The molecule has 3 nitrogen and oxygen atoms in total. The second kappa shape index (κ2) is 9.95. The van der Waals surface area contributed by atoms with Gasteiger partial charge in [0.15, 0.2) is 0 Å². The first-order chi connectivity index (χ1) is 13.6. The lowest BCUT2D eigenvalue weighted by Gasteiger charge is -2.23. The summed E-state index contributed by atoms with van der Waals surface area (Å²) >= 11 is 0. The summed E-state index contributed by atoms with van der Waals surface area (Å²) in [7, 11) is 0. The zero-order chi connectivity index (χ0) is 19.9. The highest BCUT2D eigenvalue weighted by Crippen LogP contribution is 2.40. The molecule has 0 radical (unpaired) electrons. The number of unbranched alkanes of at least 4 members (excludes halogenated alkanes) is 6. The largest absolute Gasteiger partial charge is 0.362 e. The molecule has 2 atom stereocenters. The topological polar surface area (TPSA) is 44.9 Å². The van der Waals surface area contributed by atoms with Gasteiger partial charge in [-0.15, -0.1) is 0 Å². The number of hydrogen-bond acceptors (Lipinski definition) is 1. The summed E-state index contributed by atoms with van der Waals surface area (Å²) in [6, 6.07) is 10.4. The second-order valence-corrected chi connectivity index (χ2v) is 8.54. The number of aromatic amines is 1. The lowest BCUT2D eigenvalue weighted by molar-refractivity contribution is -0.118. The monoisotopic (exact) mass is 380 g/mol. The number of para-hydroxylation sites is 1. The number of aryl methyl sites for hydroxylation is 2. The Labute approximate surface area is 170 Å². The van der Waals surface area contributed by atoms with Gasteiger partial charge in [-0.25, -0.2) is 0 Å². The van der Waals surface area contributed by atoms with E-state index in [-0.39, 0.29) is 11.8 Å². The highest BCUT2D eigenvalue weighted by molar-refractivity contribution is 6.03. The van der Waals surface area contributed by atoms with Crippen molar-refractivity contribution in [2.45, 2.75) is 84.5 Å². The number of aromatic nitrogens is 1. The van der Waals surface area contributed by atoms with Gasteiger partial charge in [0.2, 0.25) is 5.91 Å². The van der Waals surface area contributed by atoms with Crippen LogP contribution < -0.4 is 5.32 Å². The molecule has 152 valence electrons.